The van der Waals surface area contributed by atoms with Gasteiger partial charge in [-0.3, -0.25) is 4.79 Å². The van der Waals surface area contributed by atoms with Gasteiger partial charge >= 0.3 is 0 Å². The van der Waals surface area contributed by atoms with E-state index < -0.39 is 0 Å². The number of hydrogen-bond donors (Lipinski definition) is 2. The van der Waals surface area contributed by atoms with Crippen LogP contribution in [0, 0.1) is 0 Å². The van der Waals surface area contributed by atoms with Crippen LogP contribution in [0.15, 0.2) is 36.4 Å². The third kappa shape index (κ3) is 3.76. The van der Waals surface area contributed by atoms with Gasteiger partial charge in [0, 0.05) is 48.3 Å². The normalized spacial score (nSPS) is 12.2. The van der Waals surface area contributed by atoms with Gasteiger partial charge in [0.25, 0.3) is 5.91 Å². The minimum Gasteiger partial charge on any atom is -0.497 e. The molecule has 27 heavy (non-hydrogen) atoms. The van der Waals surface area contributed by atoms with E-state index in [1.807, 2.05) is 12.1 Å². The van der Waals surface area contributed by atoms with Crippen molar-refractivity contribution in [2.24, 2.45) is 0 Å². The van der Waals surface area contributed by atoms with E-state index in [-0.39, 0.29) is 5.91 Å². The molecule has 7 heteroatoms. The molecule has 0 saturated heterocycles. The number of rotatable bonds is 6. The standard InChI is InChI=1S/C20H22N2O5/c1-24-13-7-12(8-14(9-13)25-2)22-20(23)16-5-6-21-17-10-15(26-3)11-18(27-4)19(16)17/h5,7-11,21H,6H2,1-4H3,(H,22,23). The molecule has 0 bridgehead atoms. The maximum absolute atomic E-state index is 13.0. The first-order valence-corrected chi connectivity index (χ1v) is 8.34. The number of hydrogen-bond acceptors (Lipinski definition) is 6. The molecule has 2 N–H and O–H groups in total. The highest BCUT2D eigenvalue weighted by Gasteiger charge is 2.24. The lowest BCUT2D eigenvalue weighted by Crippen LogP contribution is -2.19. The van der Waals surface area contributed by atoms with Gasteiger partial charge in [0.1, 0.15) is 23.0 Å². The predicted molar refractivity (Wildman–Crippen MR) is 104 cm³/mol. The lowest BCUT2D eigenvalue weighted by molar-refractivity contribution is -0.111. The number of ether oxygens (including phenoxy) is 4. The zero-order chi connectivity index (χ0) is 19.4. The number of methoxy groups -OCH3 is 4. The van der Waals surface area contributed by atoms with Gasteiger partial charge in [0.15, 0.2) is 0 Å². The van der Waals surface area contributed by atoms with Crippen molar-refractivity contribution in [3.63, 3.8) is 0 Å². The van der Waals surface area contributed by atoms with Crippen molar-refractivity contribution in [2.75, 3.05) is 45.6 Å². The predicted octanol–water partition coefficient (Wildman–Crippen LogP) is 3.17. The Bertz CT molecular complexity index is 870. The zero-order valence-electron chi connectivity index (χ0n) is 15.7. The molecule has 1 amide bonds. The molecule has 0 radical (unpaired) electrons. The second-order valence-electron chi connectivity index (χ2n) is 5.81. The highest BCUT2D eigenvalue weighted by molar-refractivity contribution is 6.27. The molecule has 2 aromatic carbocycles. The first-order valence-electron chi connectivity index (χ1n) is 8.34. The number of anilines is 2. The van der Waals surface area contributed by atoms with E-state index in [1.165, 1.54) is 0 Å². The second kappa shape index (κ2) is 7.90. The van der Waals surface area contributed by atoms with E-state index in [9.17, 15) is 4.79 Å². The van der Waals surface area contributed by atoms with Crippen molar-refractivity contribution in [1.29, 1.82) is 0 Å². The van der Waals surface area contributed by atoms with E-state index in [4.69, 9.17) is 18.9 Å². The number of fused-ring (bicyclic) bond motifs is 1. The van der Waals surface area contributed by atoms with E-state index in [0.29, 0.717) is 46.4 Å². The fraction of sp³-hybridized carbons (Fsp3) is 0.250. The summed E-state index contributed by atoms with van der Waals surface area (Å²) in [6.07, 6.45) is 1.82. The van der Waals surface area contributed by atoms with Crippen molar-refractivity contribution in [3.05, 3.63) is 42.0 Å². The molecule has 1 aliphatic heterocycles. The van der Waals surface area contributed by atoms with Crippen molar-refractivity contribution < 1.29 is 23.7 Å². The first kappa shape index (κ1) is 18.4. The largest absolute Gasteiger partial charge is 0.497 e. The van der Waals surface area contributed by atoms with Crippen LogP contribution < -0.4 is 29.6 Å². The summed E-state index contributed by atoms with van der Waals surface area (Å²) in [5.74, 6) is 2.13. The lowest BCUT2D eigenvalue weighted by Gasteiger charge is -2.22. The topological polar surface area (TPSA) is 78.1 Å². The molecule has 0 fully saturated rings. The Labute approximate surface area is 157 Å². The SMILES string of the molecule is COc1cc(NC(=O)C2=CCNc3cc(OC)cc(OC)c32)cc(OC)c1. The van der Waals surface area contributed by atoms with E-state index in [0.717, 1.165) is 5.69 Å². The molecular weight excluding hydrogens is 348 g/mol. The second-order valence-corrected chi connectivity index (χ2v) is 5.81. The Morgan fingerprint density at radius 3 is 2.11 bits per heavy atom. The number of carbonyl (C=O) groups excluding carboxylic acids is 1. The minimum absolute atomic E-state index is 0.253. The Kier molecular flexibility index (Phi) is 5.40. The van der Waals surface area contributed by atoms with Crippen LogP contribution in [0.5, 0.6) is 23.0 Å². The lowest BCUT2D eigenvalue weighted by atomic mass is 9.98. The van der Waals surface area contributed by atoms with Crippen LogP contribution in [0.1, 0.15) is 5.56 Å². The summed E-state index contributed by atoms with van der Waals surface area (Å²) in [7, 11) is 6.27. The van der Waals surface area contributed by atoms with Gasteiger partial charge in [-0.25, -0.2) is 0 Å². The Balaban J connectivity index is 1.94. The highest BCUT2D eigenvalue weighted by atomic mass is 16.5. The molecule has 0 atom stereocenters. The Morgan fingerprint density at radius 1 is 0.889 bits per heavy atom. The maximum atomic E-state index is 13.0. The zero-order valence-corrected chi connectivity index (χ0v) is 15.7. The molecule has 0 unspecified atom stereocenters. The highest BCUT2D eigenvalue weighted by Crippen LogP contribution is 2.39. The Hall–Kier alpha value is -3.35. The molecule has 0 aromatic heterocycles. The van der Waals surface area contributed by atoms with E-state index in [1.54, 1.807) is 52.7 Å². The first-order chi connectivity index (χ1) is 13.1. The molecule has 2 aromatic rings. The van der Waals surface area contributed by atoms with Crippen LogP contribution in [0.2, 0.25) is 0 Å². The summed E-state index contributed by atoms with van der Waals surface area (Å²) >= 11 is 0. The van der Waals surface area contributed by atoms with Crippen molar-refractivity contribution >= 4 is 22.9 Å². The van der Waals surface area contributed by atoms with E-state index >= 15 is 0 Å². The van der Waals surface area contributed by atoms with Crippen LogP contribution in [0.25, 0.3) is 5.57 Å². The molecule has 7 nitrogen and oxygen atoms in total. The van der Waals surface area contributed by atoms with Gasteiger partial charge in [-0.05, 0) is 0 Å². The average molecular weight is 370 g/mol. The smallest absolute Gasteiger partial charge is 0.256 e. The van der Waals surface area contributed by atoms with Crippen LogP contribution in [0.3, 0.4) is 0 Å². The fourth-order valence-electron chi connectivity index (χ4n) is 2.94. The number of amides is 1. The number of benzene rings is 2. The maximum Gasteiger partial charge on any atom is 0.256 e. The molecule has 1 aliphatic rings. The molecule has 3 rings (SSSR count). The summed E-state index contributed by atoms with van der Waals surface area (Å²) in [5, 5.41) is 6.14. The molecule has 0 saturated carbocycles. The Morgan fingerprint density at radius 2 is 1.52 bits per heavy atom. The average Bonchev–Trinajstić information content (AvgIpc) is 2.71. The molecule has 142 valence electrons. The molecule has 1 heterocycles. The third-order valence-electron chi connectivity index (χ3n) is 4.25. The van der Waals surface area contributed by atoms with Crippen molar-refractivity contribution in [2.45, 2.75) is 0 Å². The number of carbonyl (C=O) groups is 1. The van der Waals surface area contributed by atoms with Crippen LogP contribution >= 0.6 is 0 Å². The van der Waals surface area contributed by atoms with Crippen molar-refractivity contribution in [3.8, 4) is 23.0 Å². The third-order valence-corrected chi connectivity index (χ3v) is 4.25. The van der Waals surface area contributed by atoms with Crippen LogP contribution in [-0.4, -0.2) is 40.9 Å². The summed E-state index contributed by atoms with van der Waals surface area (Å²) in [4.78, 5) is 13.0. The van der Waals surface area contributed by atoms with E-state index in [2.05, 4.69) is 10.6 Å². The van der Waals surface area contributed by atoms with Crippen LogP contribution in [0.4, 0.5) is 11.4 Å². The van der Waals surface area contributed by atoms with Gasteiger partial charge in [-0.1, -0.05) is 6.08 Å². The molecule has 0 spiro atoms. The van der Waals surface area contributed by atoms with Crippen molar-refractivity contribution in [1.82, 2.24) is 0 Å². The summed E-state index contributed by atoms with van der Waals surface area (Å²) < 4.78 is 21.3. The van der Waals surface area contributed by atoms with Gasteiger partial charge in [-0.2, -0.15) is 0 Å². The molecule has 0 aliphatic carbocycles. The van der Waals surface area contributed by atoms with Gasteiger partial charge in [0.05, 0.1) is 39.6 Å². The van der Waals surface area contributed by atoms with Gasteiger partial charge < -0.3 is 29.6 Å². The van der Waals surface area contributed by atoms with Gasteiger partial charge in [-0.15, -0.1) is 0 Å². The summed E-state index contributed by atoms with van der Waals surface area (Å²) in [6, 6.07) is 8.79. The monoisotopic (exact) mass is 370 g/mol. The molecular formula is C20H22N2O5. The fourth-order valence-corrected chi connectivity index (χ4v) is 2.94. The summed E-state index contributed by atoms with van der Waals surface area (Å²) in [6.45, 7) is 0.521. The summed E-state index contributed by atoms with van der Waals surface area (Å²) in [5.41, 5.74) is 2.56. The quantitative estimate of drug-likeness (QED) is 0.813. The minimum atomic E-state index is -0.253. The number of nitrogens with one attached hydrogen (secondary N) is 2. The van der Waals surface area contributed by atoms with Gasteiger partial charge in [0.2, 0.25) is 0 Å². The van der Waals surface area contributed by atoms with Crippen LogP contribution in [-0.2, 0) is 4.79 Å².